The number of hydrogen-bond acceptors (Lipinski definition) is 3. The molecule has 0 unspecified atom stereocenters. The van der Waals surface area contributed by atoms with Gasteiger partial charge in [-0.25, -0.2) is 4.79 Å². The van der Waals surface area contributed by atoms with E-state index in [4.69, 9.17) is 16.7 Å². The van der Waals surface area contributed by atoms with Gasteiger partial charge in [-0.3, -0.25) is 4.98 Å². The Hall–Kier alpha value is -1.81. The Balaban J connectivity index is 2.06. The summed E-state index contributed by atoms with van der Waals surface area (Å²) in [5, 5.41) is 13.6. The van der Waals surface area contributed by atoms with E-state index in [9.17, 15) is 4.79 Å². The first-order valence-corrected chi connectivity index (χ1v) is 6.10. The molecule has 0 spiro atoms. The fraction of sp³-hybridized carbons (Fsp3) is 0.231. The molecule has 0 bridgehead atoms. The van der Waals surface area contributed by atoms with E-state index in [0.29, 0.717) is 11.1 Å². The Morgan fingerprint density at radius 3 is 2.83 bits per heavy atom. The minimum absolute atomic E-state index is 0.168. The molecular weight excluding hydrogens is 252 g/mol. The quantitative estimate of drug-likeness (QED) is 0.892. The van der Waals surface area contributed by atoms with Crippen molar-refractivity contribution in [2.24, 2.45) is 0 Å². The van der Waals surface area contributed by atoms with Crippen LogP contribution in [0.4, 0.5) is 5.69 Å². The second-order valence-corrected chi connectivity index (χ2v) is 4.88. The number of anilines is 1. The van der Waals surface area contributed by atoms with E-state index in [1.165, 1.54) is 19.0 Å². The Labute approximate surface area is 109 Å². The summed E-state index contributed by atoms with van der Waals surface area (Å²) in [6.45, 7) is 0. The Bertz CT molecular complexity index is 638. The average Bonchev–Trinajstić information content (AvgIpc) is 3.13. The molecule has 0 atom stereocenters. The van der Waals surface area contributed by atoms with Crippen molar-refractivity contribution < 1.29 is 9.90 Å². The van der Waals surface area contributed by atoms with Crippen molar-refractivity contribution in [2.45, 2.75) is 18.9 Å². The average molecular weight is 263 g/mol. The van der Waals surface area contributed by atoms with Gasteiger partial charge in [-0.05, 0) is 31.0 Å². The van der Waals surface area contributed by atoms with E-state index in [-0.39, 0.29) is 5.56 Å². The van der Waals surface area contributed by atoms with Gasteiger partial charge in [-0.15, -0.1) is 0 Å². The second kappa shape index (κ2) is 4.14. The van der Waals surface area contributed by atoms with Gasteiger partial charge < -0.3 is 10.4 Å². The maximum Gasteiger partial charge on any atom is 0.337 e. The van der Waals surface area contributed by atoms with E-state index in [2.05, 4.69) is 10.3 Å². The zero-order valence-corrected chi connectivity index (χ0v) is 10.2. The number of carboxylic acids is 1. The molecule has 2 aromatic rings. The number of hydrogen-bond donors (Lipinski definition) is 2. The lowest BCUT2D eigenvalue weighted by molar-refractivity contribution is 0.0696. The molecule has 0 saturated heterocycles. The van der Waals surface area contributed by atoms with Crippen LogP contribution in [0.2, 0.25) is 5.02 Å². The predicted octanol–water partition coefficient (Wildman–Crippen LogP) is 3.16. The molecule has 2 N–H and O–H groups in total. The highest BCUT2D eigenvalue weighted by Gasteiger charge is 2.22. The molecule has 1 aliphatic rings. The van der Waals surface area contributed by atoms with Gasteiger partial charge in [0.2, 0.25) is 0 Å². The van der Waals surface area contributed by atoms with Crippen LogP contribution in [0, 0.1) is 0 Å². The number of aromatic nitrogens is 1. The molecule has 92 valence electrons. The highest BCUT2D eigenvalue weighted by Crippen LogP contribution is 2.32. The third-order valence-electron chi connectivity index (χ3n) is 2.95. The molecule has 1 aromatic carbocycles. The van der Waals surface area contributed by atoms with E-state index < -0.39 is 5.97 Å². The fourth-order valence-electron chi connectivity index (χ4n) is 1.82. The summed E-state index contributed by atoms with van der Waals surface area (Å²) in [5.74, 6) is -0.985. The van der Waals surface area contributed by atoms with E-state index in [1.54, 1.807) is 12.1 Å². The first-order valence-electron chi connectivity index (χ1n) is 5.72. The molecule has 1 aliphatic carbocycles. The number of fused-ring (bicyclic) bond motifs is 1. The van der Waals surface area contributed by atoms with Crippen LogP contribution >= 0.6 is 11.6 Å². The van der Waals surface area contributed by atoms with Crippen molar-refractivity contribution in [3.05, 3.63) is 35.0 Å². The minimum Gasteiger partial charge on any atom is -0.478 e. The summed E-state index contributed by atoms with van der Waals surface area (Å²) < 4.78 is 0. The van der Waals surface area contributed by atoms with Crippen molar-refractivity contribution >= 4 is 34.2 Å². The molecule has 18 heavy (non-hydrogen) atoms. The van der Waals surface area contributed by atoms with Gasteiger partial charge in [0.05, 0.1) is 21.8 Å². The third-order valence-corrected chi connectivity index (χ3v) is 3.27. The van der Waals surface area contributed by atoms with Crippen molar-refractivity contribution in [3.63, 3.8) is 0 Å². The van der Waals surface area contributed by atoms with Gasteiger partial charge in [0.25, 0.3) is 0 Å². The number of nitrogens with one attached hydrogen (secondary N) is 1. The Morgan fingerprint density at radius 2 is 2.17 bits per heavy atom. The number of carbonyl (C=O) groups is 1. The van der Waals surface area contributed by atoms with Gasteiger partial charge in [0.15, 0.2) is 0 Å². The summed E-state index contributed by atoms with van der Waals surface area (Å²) in [4.78, 5) is 15.0. The Morgan fingerprint density at radius 1 is 1.39 bits per heavy atom. The van der Waals surface area contributed by atoms with Crippen LogP contribution in [-0.2, 0) is 0 Å². The normalized spacial score (nSPS) is 14.7. The lowest BCUT2D eigenvalue weighted by atomic mass is 10.1. The van der Waals surface area contributed by atoms with Crippen molar-refractivity contribution in [3.8, 4) is 0 Å². The summed E-state index contributed by atoms with van der Waals surface area (Å²) in [5.41, 5.74) is 1.77. The molecule has 1 fully saturated rings. The summed E-state index contributed by atoms with van der Waals surface area (Å²) in [6, 6.07) is 5.71. The van der Waals surface area contributed by atoms with Crippen LogP contribution in [-0.4, -0.2) is 22.1 Å². The van der Waals surface area contributed by atoms with Crippen LogP contribution < -0.4 is 5.32 Å². The van der Waals surface area contributed by atoms with Crippen molar-refractivity contribution in [1.29, 1.82) is 0 Å². The second-order valence-electron chi connectivity index (χ2n) is 4.47. The maximum absolute atomic E-state index is 10.9. The van der Waals surface area contributed by atoms with E-state index in [0.717, 1.165) is 16.6 Å². The molecular formula is C13H11ClN2O2. The minimum atomic E-state index is -0.985. The molecule has 0 radical (unpaired) electrons. The topological polar surface area (TPSA) is 62.2 Å². The van der Waals surface area contributed by atoms with Crippen LogP contribution in [0.25, 0.3) is 10.9 Å². The monoisotopic (exact) mass is 262 g/mol. The van der Waals surface area contributed by atoms with Crippen LogP contribution in [0.1, 0.15) is 23.2 Å². The van der Waals surface area contributed by atoms with E-state index in [1.807, 2.05) is 6.07 Å². The molecule has 5 heteroatoms. The number of aromatic carboxylic acids is 1. The zero-order valence-electron chi connectivity index (χ0n) is 9.48. The first kappa shape index (κ1) is 11.3. The first-order chi connectivity index (χ1) is 8.63. The van der Waals surface area contributed by atoms with Crippen LogP contribution in [0.3, 0.4) is 0 Å². The number of halogens is 1. The fourth-order valence-corrected chi connectivity index (χ4v) is 2.05. The highest BCUT2D eigenvalue weighted by molar-refractivity contribution is 6.34. The molecule has 0 aliphatic heterocycles. The SMILES string of the molecule is O=C(O)c1cnc2cc(NC3CC3)c(Cl)cc2c1. The summed E-state index contributed by atoms with van der Waals surface area (Å²) >= 11 is 6.17. The lowest BCUT2D eigenvalue weighted by Crippen LogP contribution is -2.02. The number of benzene rings is 1. The smallest absolute Gasteiger partial charge is 0.337 e. The van der Waals surface area contributed by atoms with Gasteiger partial charge in [0, 0.05) is 17.6 Å². The molecule has 1 saturated carbocycles. The molecule has 0 amide bonds. The number of rotatable bonds is 3. The molecule has 1 aromatic heterocycles. The summed E-state index contributed by atoms with van der Waals surface area (Å²) in [6.07, 6.45) is 3.69. The van der Waals surface area contributed by atoms with E-state index >= 15 is 0 Å². The van der Waals surface area contributed by atoms with Gasteiger partial charge in [-0.1, -0.05) is 11.6 Å². The van der Waals surface area contributed by atoms with Crippen LogP contribution in [0.5, 0.6) is 0 Å². The maximum atomic E-state index is 10.9. The van der Waals surface area contributed by atoms with Gasteiger partial charge in [-0.2, -0.15) is 0 Å². The predicted molar refractivity (Wildman–Crippen MR) is 70.4 cm³/mol. The van der Waals surface area contributed by atoms with Gasteiger partial charge in [0.1, 0.15) is 0 Å². The van der Waals surface area contributed by atoms with Crippen molar-refractivity contribution in [2.75, 3.05) is 5.32 Å². The molecule has 3 rings (SSSR count). The Kier molecular flexibility index (Phi) is 2.59. The van der Waals surface area contributed by atoms with Crippen molar-refractivity contribution in [1.82, 2.24) is 4.98 Å². The summed E-state index contributed by atoms with van der Waals surface area (Å²) in [7, 11) is 0. The number of nitrogens with zero attached hydrogens (tertiary/aromatic N) is 1. The largest absolute Gasteiger partial charge is 0.478 e. The van der Waals surface area contributed by atoms with Gasteiger partial charge >= 0.3 is 5.97 Å². The molecule has 4 nitrogen and oxygen atoms in total. The standard InChI is InChI=1S/C13H11ClN2O2/c14-10-4-7-3-8(13(17)18)6-15-11(7)5-12(10)16-9-1-2-9/h3-6,9,16H,1-2H2,(H,17,18). The third kappa shape index (κ3) is 2.11. The lowest BCUT2D eigenvalue weighted by Gasteiger charge is -2.08. The highest BCUT2D eigenvalue weighted by atomic mass is 35.5. The number of pyridine rings is 1. The molecule has 1 heterocycles. The zero-order chi connectivity index (χ0) is 12.7. The number of carboxylic acid groups (broad SMARTS) is 1. The van der Waals surface area contributed by atoms with Crippen LogP contribution in [0.15, 0.2) is 24.4 Å².